The second kappa shape index (κ2) is 4.75. The molecule has 0 unspecified atom stereocenters. The van der Waals surface area contributed by atoms with E-state index in [1.807, 2.05) is 0 Å². The molecule has 0 saturated heterocycles. The standard InChI is InChI=1S/C4H8N4O2.ClH/c5-4-3-8(7-10-4)6-1-2-9;/h3,9H,1-2,5H2;1H. The van der Waals surface area contributed by atoms with Gasteiger partial charge >= 0.3 is 0 Å². The van der Waals surface area contributed by atoms with Crippen molar-refractivity contribution >= 4 is 18.3 Å². The number of rotatable bonds is 3. The van der Waals surface area contributed by atoms with Crippen molar-refractivity contribution in [2.45, 2.75) is 0 Å². The van der Waals surface area contributed by atoms with Gasteiger partial charge in [0.25, 0.3) is 12.1 Å². The number of hydrogen-bond acceptors (Lipinski definition) is 4. The van der Waals surface area contributed by atoms with Crippen molar-refractivity contribution in [3.63, 3.8) is 0 Å². The number of nitrogens with two attached hydrogens (primary N) is 1. The van der Waals surface area contributed by atoms with Crippen molar-refractivity contribution in [3.8, 4) is 0 Å². The van der Waals surface area contributed by atoms with Crippen LogP contribution < -0.4 is 10.5 Å². The minimum absolute atomic E-state index is 0. The Morgan fingerprint density at radius 3 is 3.00 bits per heavy atom. The number of halogens is 1. The van der Waals surface area contributed by atoms with E-state index in [-0.39, 0.29) is 31.4 Å². The summed E-state index contributed by atoms with van der Waals surface area (Å²) in [7, 11) is 0. The van der Waals surface area contributed by atoms with Gasteiger partial charge in [0.15, 0.2) is 0 Å². The monoisotopic (exact) mass is 180 g/mol. The number of aliphatic hydroxyl groups is 1. The first kappa shape index (κ1) is 9.99. The van der Waals surface area contributed by atoms with Gasteiger partial charge in [0, 0.05) is 13.2 Å². The van der Waals surface area contributed by atoms with E-state index in [2.05, 4.69) is 15.2 Å². The normalized spacial score (nSPS) is 8.82. The number of anilines is 1. The molecule has 0 radical (unpaired) electrons. The van der Waals surface area contributed by atoms with E-state index in [4.69, 9.17) is 10.8 Å². The van der Waals surface area contributed by atoms with Crippen molar-refractivity contribution in [1.82, 2.24) is 5.27 Å². The van der Waals surface area contributed by atoms with Gasteiger partial charge in [-0.3, -0.25) is 0 Å². The maximum Gasteiger partial charge on any atom is 0.265 e. The Morgan fingerprint density at radius 1 is 1.82 bits per heavy atom. The van der Waals surface area contributed by atoms with Gasteiger partial charge in [-0.05, 0) is 5.27 Å². The summed E-state index contributed by atoms with van der Waals surface area (Å²) in [6.07, 6.45) is 1.41. The van der Waals surface area contributed by atoms with Gasteiger partial charge in [-0.25, -0.2) is 5.43 Å². The van der Waals surface area contributed by atoms with Crippen molar-refractivity contribution in [1.29, 1.82) is 0 Å². The molecule has 0 aliphatic rings. The number of aromatic nitrogens is 2. The third kappa shape index (κ3) is 3.06. The summed E-state index contributed by atoms with van der Waals surface area (Å²) in [5.41, 5.74) is 8.91. The Labute approximate surface area is 69.3 Å². The summed E-state index contributed by atoms with van der Waals surface area (Å²) in [4.78, 5) is 1.17. The van der Waals surface area contributed by atoms with Crippen LogP contribution in [0.3, 0.4) is 0 Å². The third-order valence-corrected chi connectivity index (χ3v) is 0.817. The molecule has 11 heavy (non-hydrogen) atoms. The van der Waals surface area contributed by atoms with E-state index < -0.39 is 0 Å². The molecule has 0 aromatic carbocycles. The molecule has 0 aliphatic heterocycles. The van der Waals surface area contributed by atoms with Crippen molar-refractivity contribution < 1.29 is 14.4 Å². The van der Waals surface area contributed by atoms with Gasteiger partial charge in [0.05, 0.1) is 0 Å². The lowest BCUT2D eigenvalue weighted by atomic mass is 10.7. The van der Waals surface area contributed by atoms with Gasteiger partial charge in [-0.1, -0.05) is 4.79 Å². The van der Waals surface area contributed by atoms with Crippen LogP contribution in [-0.2, 0) is 0 Å². The molecule has 6 nitrogen and oxygen atoms in total. The van der Waals surface area contributed by atoms with Gasteiger partial charge in [-0.2, -0.15) is 0 Å². The van der Waals surface area contributed by atoms with Crippen LogP contribution in [0.1, 0.15) is 0 Å². The van der Waals surface area contributed by atoms with Crippen LogP contribution in [0.2, 0.25) is 0 Å². The van der Waals surface area contributed by atoms with Gasteiger partial charge in [0.2, 0.25) is 0 Å². The number of hydrogen-bond donors (Lipinski definition) is 2. The predicted molar refractivity (Wildman–Crippen MR) is 39.1 cm³/mol. The molecule has 3 N–H and O–H groups in total. The second-order valence-electron chi connectivity index (χ2n) is 1.61. The molecule has 1 heterocycles. The molecule has 0 fully saturated rings. The average Bonchev–Trinajstić information content (AvgIpc) is 2.31. The van der Waals surface area contributed by atoms with E-state index in [1.165, 1.54) is 11.0 Å². The minimum atomic E-state index is -0.0141. The fourth-order valence-electron chi connectivity index (χ4n) is 0.464. The zero-order valence-corrected chi connectivity index (χ0v) is 6.49. The molecule has 1 aromatic heterocycles. The maximum absolute atomic E-state index is 8.34. The van der Waals surface area contributed by atoms with Crippen LogP contribution in [0, 0.1) is 0 Å². The molecule has 7 heteroatoms. The fourth-order valence-corrected chi connectivity index (χ4v) is 0.464. The van der Waals surface area contributed by atoms with Crippen LogP contribution in [0.15, 0.2) is 10.7 Å². The summed E-state index contributed by atoms with van der Waals surface area (Å²) in [6.45, 7) is 0.274. The van der Waals surface area contributed by atoms with Crippen molar-refractivity contribution in [3.05, 3.63) is 11.6 Å². The highest BCUT2D eigenvalue weighted by atomic mass is 35.5. The Kier molecular flexibility index (Phi) is 4.32. The first-order valence-electron chi connectivity index (χ1n) is 2.75. The summed E-state index contributed by atoms with van der Waals surface area (Å²) in [5.74, 6) is 0.196. The SMILES string of the molecule is Cl.Nc1c[n+]([N-]CCO)no1. The lowest BCUT2D eigenvalue weighted by Crippen LogP contribution is -2.31. The molecule has 1 rings (SSSR count). The van der Waals surface area contributed by atoms with Gasteiger partial charge < -0.3 is 15.4 Å². The quantitative estimate of drug-likeness (QED) is 0.590. The smallest absolute Gasteiger partial charge is 0.265 e. The average molecular weight is 181 g/mol. The van der Waals surface area contributed by atoms with Crippen LogP contribution in [0.5, 0.6) is 0 Å². The van der Waals surface area contributed by atoms with Crippen LogP contribution in [-0.4, -0.2) is 23.5 Å². The summed E-state index contributed by atoms with van der Waals surface area (Å²) in [6, 6.07) is 0. The summed E-state index contributed by atoms with van der Waals surface area (Å²) >= 11 is 0. The van der Waals surface area contributed by atoms with Crippen molar-refractivity contribution in [2.75, 3.05) is 18.9 Å². The molecule has 64 valence electrons. The number of nitrogen functional groups attached to an aromatic ring is 1. The van der Waals surface area contributed by atoms with E-state index >= 15 is 0 Å². The Hall–Kier alpha value is -1.01. The lowest BCUT2D eigenvalue weighted by molar-refractivity contribution is -0.697. The largest absolute Gasteiger partial charge is 0.396 e. The molecule has 0 saturated carbocycles. The molecule has 0 bridgehead atoms. The number of nitrogens with zero attached hydrogens (tertiary/aromatic N) is 3. The molecule has 0 atom stereocenters. The maximum atomic E-state index is 8.34. The highest BCUT2D eigenvalue weighted by Crippen LogP contribution is 1.90. The minimum Gasteiger partial charge on any atom is -0.396 e. The Bertz CT molecular complexity index is 204. The third-order valence-electron chi connectivity index (χ3n) is 0.817. The first-order chi connectivity index (χ1) is 4.83. The van der Waals surface area contributed by atoms with E-state index in [1.54, 1.807) is 0 Å². The zero-order valence-electron chi connectivity index (χ0n) is 5.67. The fraction of sp³-hybridized carbons (Fsp3) is 0.500. The molecule has 0 amide bonds. The molecular weight excluding hydrogens is 172 g/mol. The van der Waals surface area contributed by atoms with Gasteiger partial charge in [-0.15, -0.1) is 12.4 Å². The first-order valence-corrected chi connectivity index (χ1v) is 2.75. The molecule has 0 spiro atoms. The zero-order chi connectivity index (χ0) is 7.40. The van der Waals surface area contributed by atoms with E-state index in [0.29, 0.717) is 0 Å². The van der Waals surface area contributed by atoms with Crippen LogP contribution in [0.25, 0.3) is 5.43 Å². The van der Waals surface area contributed by atoms with Crippen molar-refractivity contribution in [2.24, 2.45) is 0 Å². The molecule has 1 aromatic rings. The molecular formula is C4H9ClN4O2. The Balaban J connectivity index is 0.000001000. The summed E-state index contributed by atoms with van der Waals surface area (Å²) in [5, 5.41) is 11.7. The second-order valence-corrected chi connectivity index (χ2v) is 1.61. The van der Waals surface area contributed by atoms with Crippen LogP contribution in [0.4, 0.5) is 5.88 Å². The number of aliphatic hydroxyl groups excluding tert-OH is 1. The molecule has 0 aliphatic carbocycles. The Morgan fingerprint density at radius 2 is 2.55 bits per heavy atom. The summed E-state index contributed by atoms with van der Waals surface area (Å²) < 4.78 is 4.48. The van der Waals surface area contributed by atoms with Gasteiger partial charge in [0.1, 0.15) is 0 Å². The lowest BCUT2D eigenvalue weighted by Gasteiger charge is -1.94. The highest BCUT2D eigenvalue weighted by molar-refractivity contribution is 5.85. The van der Waals surface area contributed by atoms with E-state index in [9.17, 15) is 0 Å². The highest BCUT2D eigenvalue weighted by Gasteiger charge is 1.96. The van der Waals surface area contributed by atoms with Crippen LogP contribution >= 0.6 is 12.4 Å². The topological polar surface area (TPSA) is 90.3 Å². The predicted octanol–water partition coefficient (Wildman–Crippen LogP) is -0.905. The van der Waals surface area contributed by atoms with E-state index in [0.717, 1.165) is 0 Å².